The molecule has 3 heterocycles. The van der Waals surface area contributed by atoms with E-state index in [2.05, 4.69) is 10.1 Å². The number of carbonyl (C=O) groups excluding carboxylic acids is 2. The number of piperidine rings is 2. The van der Waals surface area contributed by atoms with Gasteiger partial charge in [0.05, 0.1) is 17.5 Å². The quantitative estimate of drug-likeness (QED) is 0.535. The molecule has 2 amide bonds. The summed E-state index contributed by atoms with van der Waals surface area (Å²) in [5.41, 5.74) is 1.33. The predicted octanol–water partition coefficient (Wildman–Crippen LogP) is 3.57. The van der Waals surface area contributed by atoms with Crippen LogP contribution in [0.3, 0.4) is 0 Å². The average molecular weight is 413 g/mol. The van der Waals surface area contributed by atoms with Crippen molar-refractivity contribution in [3.05, 3.63) is 29.7 Å². The summed E-state index contributed by atoms with van der Waals surface area (Å²) in [6.45, 7) is 7.53. The van der Waals surface area contributed by atoms with E-state index in [1.807, 2.05) is 13.8 Å². The van der Waals surface area contributed by atoms with Gasteiger partial charge in [0.25, 0.3) is 0 Å². The molecule has 1 saturated carbocycles. The fraction of sp³-hybridized carbons (Fsp3) is 0.609. The highest BCUT2D eigenvalue weighted by Gasteiger charge is 2.72. The summed E-state index contributed by atoms with van der Waals surface area (Å²) in [5, 5.41) is 5.12. The Kier molecular flexibility index (Phi) is 4.69. The normalized spacial score (nSPS) is 26.6. The van der Waals surface area contributed by atoms with E-state index < -0.39 is 0 Å². The molecule has 160 valence electrons. The van der Waals surface area contributed by atoms with E-state index in [0.29, 0.717) is 18.0 Å². The van der Waals surface area contributed by atoms with E-state index in [1.54, 1.807) is 6.07 Å². The fourth-order valence-electron chi connectivity index (χ4n) is 5.48. The molecule has 0 N–H and O–H groups in total. The number of hydrogen-bond acceptors (Lipinski definition) is 5. The maximum Gasteiger partial charge on any atom is 0.233 e. The molecule has 2 unspecified atom stereocenters. The summed E-state index contributed by atoms with van der Waals surface area (Å²) in [5.74, 6) is -0.0479. The Labute approximate surface area is 175 Å². The largest absolute Gasteiger partial charge is 0.356 e. The second-order valence-corrected chi connectivity index (χ2v) is 9.64. The van der Waals surface area contributed by atoms with Crippen LogP contribution >= 0.6 is 0 Å². The second kappa shape index (κ2) is 7.15. The van der Waals surface area contributed by atoms with Gasteiger partial charge in [0.1, 0.15) is 5.82 Å². The number of fused-ring (bicyclic) bond motifs is 2. The predicted molar refractivity (Wildman–Crippen MR) is 109 cm³/mol. The van der Waals surface area contributed by atoms with Gasteiger partial charge in [-0.3, -0.25) is 14.5 Å². The summed E-state index contributed by atoms with van der Waals surface area (Å²) in [4.78, 5) is 28.7. The van der Waals surface area contributed by atoms with Gasteiger partial charge in [0.2, 0.25) is 11.8 Å². The Morgan fingerprint density at radius 1 is 1.10 bits per heavy atom. The third-order valence-corrected chi connectivity index (χ3v) is 7.43. The molecule has 6 nitrogen and oxygen atoms in total. The van der Waals surface area contributed by atoms with Gasteiger partial charge < -0.3 is 9.42 Å². The summed E-state index contributed by atoms with van der Waals surface area (Å²) in [7, 11) is 0. The Morgan fingerprint density at radius 2 is 1.77 bits per heavy atom. The van der Waals surface area contributed by atoms with E-state index in [4.69, 9.17) is 4.52 Å². The molecule has 2 saturated heterocycles. The minimum absolute atomic E-state index is 0.0375. The van der Waals surface area contributed by atoms with Crippen LogP contribution in [0.1, 0.15) is 51.1 Å². The maximum absolute atomic E-state index is 13.3. The molecule has 3 aliphatic rings. The lowest BCUT2D eigenvalue weighted by Gasteiger charge is -2.31. The molecular weight excluding hydrogens is 385 g/mol. The zero-order chi connectivity index (χ0) is 21.0. The van der Waals surface area contributed by atoms with Crippen LogP contribution < -0.4 is 0 Å². The number of likely N-dealkylation sites (tertiary alicyclic amines) is 2. The number of carbonyl (C=O) groups is 2. The van der Waals surface area contributed by atoms with Gasteiger partial charge in [-0.2, -0.15) is 0 Å². The zero-order valence-electron chi connectivity index (χ0n) is 17.6. The lowest BCUT2D eigenvalue weighted by atomic mass is 9.91. The fourth-order valence-corrected chi connectivity index (χ4v) is 5.48. The number of nitrogens with zero attached hydrogens (tertiary/aromatic N) is 3. The molecular formula is C23H28FN3O3. The first-order chi connectivity index (χ1) is 14.4. The van der Waals surface area contributed by atoms with Crippen molar-refractivity contribution < 1.29 is 18.5 Å². The van der Waals surface area contributed by atoms with E-state index in [9.17, 15) is 14.0 Å². The summed E-state index contributed by atoms with van der Waals surface area (Å²) >= 11 is 0. The SMILES string of the molecule is CC1(C)C2C(=O)N(CCCCN3CCC(c4noc5cc(F)ccc45)CC3)C(=O)C21. The van der Waals surface area contributed by atoms with Crippen molar-refractivity contribution in [1.82, 2.24) is 15.0 Å². The molecule has 1 aliphatic carbocycles. The third kappa shape index (κ3) is 3.14. The highest BCUT2D eigenvalue weighted by atomic mass is 19.1. The van der Waals surface area contributed by atoms with Gasteiger partial charge in [-0.05, 0) is 62.9 Å². The first kappa shape index (κ1) is 19.7. The number of rotatable bonds is 6. The van der Waals surface area contributed by atoms with Gasteiger partial charge in [-0.15, -0.1) is 0 Å². The maximum atomic E-state index is 13.3. The van der Waals surface area contributed by atoms with Crippen LogP contribution in [0.4, 0.5) is 4.39 Å². The standard InChI is InChI=1S/C23H28FN3O3/c1-23(2)18-19(23)22(29)27(21(18)28)10-4-3-9-26-11-7-14(8-12-26)20-16-6-5-15(24)13-17(16)30-25-20/h5-6,13-14,18-19H,3-4,7-12H2,1-2H3. The lowest BCUT2D eigenvalue weighted by molar-refractivity contribution is -0.143. The molecule has 1 aromatic carbocycles. The molecule has 0 bridgehead atoms. The summed E-state index contributed by atoms with van der Waals surface area (Å²) < 4.78 is 18.7. The smallest absolute Gasteiger partial charge is 0.233 e. The molecule has 3 fully saturated rings. The van der Waals surface area contributed by atoms with Gasteiger partial charge in [0, 0.05) is 23.9 Å². The van der Waals surface area contributed by atoms with E-state index in [1.165, 1.54) is 17.0 Å². The van der Waals surface area contributed by atoms with E-state index in [0.717, 1.165) is 56.4 Å². The molecule has 2 aromatic rings. The van der Waals surface area contributed by atoms with Crippen molar-refractivity contribution in [2.75, 3.05) is 26.2 Å². The molecule has 2 atom stereocenters. The number of halogens is 1. The molecule has 2 aliphatic heterocycles. The Morgan fingerprint density at radius 3 is 2.47 bits per heavy atom. The van der Waals surface area contributed by atoms with Crippen molar-refractivity contribution in [3.8, 4) is 0 Å². The molecule has 7 heteroatoms. The monoisotopic (exact) mass is 413 g/mol. The van der Waals surface area contributed by atoms with Crippen molar-refractivity contribution in [1.29, 1.82) is 0 Å². The van der Waals surface area contributed by atoms with Crippen molar-refractivity contribution >= 4 is 22.8 Å². The summed E-state index contributed by atoms with van der Waals surface area (Å²) in [6.07, 6.45) is 3.84. The van der Waals surface area contributed by atoms with Crippen LogP contribution in [0.15, 0.2) is 22.7 Å². The average Bonchev–Trinajstić information content (AvgIpc) is 2.98. The van der Waals surface area contributed by atoms with Crippen LogP contribution in [0.2, 0.25) is 0 Å². The molecule has 30 heavy (non-hydrogen) atoms. The zero-order valence-corrected chi connectivity index (χ0v) is 17.6. The molecule has 0 spiro atoms. The van der Waals surface area contributed by atoms with Crippen molar-refractivity contribution in [3.63, 3.8) is 0 Å². The van der Waals surface area contributed by atoms with E-state index >= 15 is 0 Å². The topological polar surface area (TPSA) is 66.7 Å². The lowest BCUT2D eigenvalue weighted by Crippen LogP contribution is -2.37. The molecule has 0 radical (unpaired) electrons. The Balaban J connectivity index is 1.07. The van der Waals surface area contributed by atoms with Crippen LogP contribution in [0.5, 0.6) is 0 Å². The van der Waals surface area contributed by atoms with E-state index in [-0.39, 0.29) is 34.9 Å². The van der Waals surface area contributed by atoms with Gasteiger partial charge >= 0.3 is 0 Å². The van der Waals surface area contributed by atoms with Crippen LogP contribution in [0, 0.1) is 23.1 Å². The minimum atomic E-state index is -0.307. The number of aromatic nitrogens is 1. The van der Waals surface area contributed by atoms with Crippen LogP contribution in [-0.4, -0.2) is 52.9 Å². The van der Waals surface area contributed by atoms with Gasteiger partial charge in [0.15, 0.2) is 5.58 Å². The van der Waals surface area contributed by atoms with Gasteiger partial charge in [-0.1, -0.05) is 19.0 Å². The summed E-state index contributed by atoms with van der Waals surface area (Å²) in [6, 6.07) is 4.61. The third-order valence-electron chi connectivity index (χ3n) is 7.43. The van der Waals surface area contributed by atoms with Gasteiger partial charge in [-0.25, -0.2) is 4.39 Å². The van der Waals surface area contributed by atoms with Crippen LogP contribution in [0.25, 0.3) is 11.0 Å². The highest BCUT2D eigenvalue weighted by molar-refractivity contribution is 6.10. The number of benzene rings is 1. The second-order valence-electron chi connectivity index (χ2n) is 9.64. The minimum Gasteiger partial charge on any atom is -0.356 e. The first-order valence-corrected chi connectivity index (χ1v) is 11.0. The van der Waals surface area contributed by atoms with Crippen molar-refractivity contribution in [2.24, 2.45) is 17.3 Å². The number of unbranched alkanes of at least 4 members (excludes halogenated alkanes) is 1. The number of amides is 2. The highest BCUT2D eigenvalue weighted by Crippen LogP contribution is 2.63. The number of hydrogen-bond donors (Lipinski definition) is 0. The van der Waals surface area contributed by atoms with Crippen molar-refractivity contribution in [2.45, 2.75) is 45.4 Å². The molecule has 1 aromatic heterocycles. The Bertz CT molecular complexity index is 969. The number of imide groups is 1. The first-order valence-electron chi connectivity index (χ1n) is 11.0. The van der Waals surface area contributed by atoms with Crippen LogP contribution in [-0.2, 0) is 9.59 Å². The Hall–Kier alpha value is -2.28. The molecule has 5 rings (SSSR count).